The number of urea groups is 1. The number of likely N-dealkylation sites (N-methyl/N-ethyl adjacent to an activating group) is 1. The van der Waals surface area contributed by atoms with Crippen LogP contribution in [-0.2, 0) is 108 Å². The Kier molecular flexibility index (Phi) is 41.4. The number of quaternary nitrogens is 1. The van der Waals surface area contributed by atoms with Crippen molar-refractivity contribution in [2.75, 3.05) is 166 Å². The monoisotopic (exact) mass is 1780 g/mol. The van der Waals surface area contributed by atoms with Crippen molar-refractivity contribution in [1.29, 1.82) is 0 Å². The Bertz CT molecular complexity index is 3840. The number of nitrogens with two attached hydrogens (primary N) is 1. The molecule has 0 bridgehead atoms. The summed E-state index contributed by atoms with van der Waals surface area (Å²) in [5.74, 6) is -0.650. The second-order valence-corrected chi connectivity index (χ2v) is 36.6. The molecule has 17 atom stereocenters. The fourth-order valence-electron chi connectivity index (χ4n) is 19.4. The van der Waals surface area contributed by atoms with Crippen molar-refractivity contribution in [3.05, 3.63) is 35.2 Å². The fourth-order valence-corrected chi connectivity index (χ4v) is 19.4. The third-order valence-corrected chi connectivity index (χ3v) is 26.2. The van der Waals surface area contributed by atoms with E-state index >= 15 is 13.6 Å². The zero-order valence-electron chi connectivity index (χ0n) is 75.6. The van der Waals surface area contributed by atoms with Gasteiger partial charge in [0, 0.05) is 86.8 Å². The van der Waals surface area contributed by atoms with Crippen LogP contribution in [0, 0.1) is 64.1 Å². The summed E-state index contributed by atoms with van der Waals surface area (Å²) in [5, 5.41) is 35.0. The number of primary amides is 1. The van der Waals surface area contributed by atoms with E-state index in [1.54, 1.807) is 20.8 Å². The number of nitrogens with zero attached hydrogens (tertiary/aromatic N) is 4. The molecular formula is C91H143F2N10O23+. The highest BCUT2D eigenvalue weighted by Gasteiger charge is 2.80. The molecule has 2 heterocycles. The number of alkyl halides is 2. The quantitative estimate of drug-likeness (QED) is 0.0199. The number of ketones is 5. The fraction of sp³-hybridized carbons (Fsp3) is 0.802. The predicted molar refractivity (Wildman–Crippen MR) is 457 cm³/mol. The van der Waals surface area contributed by atoms with Crippen molar-refractivity contribution in [3.8, 4) is 11.8 Å². The summed E-state index contributed by atoms with van der Waals surface area (Å²) in [4.78, 5) is 136. The Morgan fingerprint density at radius 1 is 0.706 bits per heavy atom. The van der Waals surface area contributed by atoms with Crippen LogP contribution in [0.25, 0.3) is 0 Å². The van der Waals surface area contributed by atoms with Gasteiger partial charge in [-0.1, -0.05) is 64.7 Å². The summed E-state index contributed by atoms with van der Waals surface area (Å²) in [6.07, 6.45) is 7.24. The smallest absolute Gasteiger partial charge is 0.407 e. The highest BCUT2D eigenvalue weighted by molar-refractivity contribution is 6.01. The number of unbranched alkanes of at least 4 members (excludes halogenated alkanes) is 1. The standard InChI is InChI=1S/C91H142F2N10O23/c1-9-21-80-125-78-56-69-70-55-72(92)71-54-64(104)29-31-88(71,4)90(70,93)76(108)57-89(69,5)91(78,126-80)77(109)58-98-84(111)63(23-19-33-96-86(94)113)53-74(107)81(61(2)3)99-85(112)62(52-65(105)30-38-116-41-44-119-47-46-118-43-40-115-37-20-24-66(106)59-124-83-67-25-13-10-11-14-26-68(67)83)22-17-18-32-95-79(110)60-123-75-28-16-12-15-27-73-82(75)100-101-102(73)35-39-117-42-45-120-48-49-121-50-51-122-87(114)97-34-36-103(6,7)8/h29,31,54,61-63,67-70,72,75-76,78,80-81,83,108H,9,12-28,30,32-53,55-60H2,1-8H3,(H6-,94,95,96,97,98,99,110,111,112,113,114)/p+1/t62-,63+,67-,68+,69-,70-,72-,75?,76-,78+,80?,81-,83?,88-,89-,90-,91+/m0/s1. The van der Waals surface area contributed by atoms with Crippen LogP contribution in [0.3, 0.4) is 0 Å². The molecule has 1 aromatic heterocycles. The third kappa shape index (κ3) is 29.2. The maximum atomic E-state index is 18.3. The highest BCUT2D eigenvalue weighted by Crippen LogP contribution is 2.72. The molecular weight excluding hydrogens is 1640 g/mol. The number of aromatic nitrogens is 3. The van der Waals surface area contributed by atoms with E-state index in [-0.39, 0.29) is 146 Å². The first-order valence-electron chi connectivity index (χ1n) is 46.1. The number of allylic oxidation sites excluding steroid dienone is 4. The average Bonchev–Trinajstić information content (AvgIpc) is 1.46. The van der Waals surface area contributed by atoms with Crippen LogP contribution < -0.4 is 32.3 Å². The second kappa shape index (κ2) is 50.9. The van der Waals surface area contributed by atoms with Gasteiger partial charge in [-0.3, -0.25) is 38.4 Å². The molecule has 6 amide bonds. The van der Waals surface area contributed by atoms with Crippen LogP contribution in [0.2, 0.25) is 0 Å². The summed E-state index contributed by atoms with van der Waals surface area (Å²) < 4.78 is 108. The summed E-state index contributed by atoms with van der Waals surface area (Å²) >= 11 is 0. The number of alkyl carbamates (subject to hydrolysis) is 1. The summed E-state index contributed by atoms with van der Waals surface area (Å²) in [7, 11) is 6.12. The number of aliphatic hydroxyl groups is 1. The van der Waals surface area contributed by atoms with Crippen LogP contribution in [0.15, 0.2) is 23.8 Å². The zero-order valence-corrected chi connectivity index (χ0v) is 75.6. The van der Waals surface area contributed by atoms with Gasteiger partial charge in [-0.05, 0) is 138 Å². The number of amides is 6. The third-order valence-electron chi connectivity index (χ3n) is 26.2. The molecule has 1 aliphatic heterocycles. The number of ether oxygens (including phenoxy) is 12. The number of aliphatic hydroxyl groups excluding tert-OH is 1. The first-order valence-corrected chi connectivity index (χ1v) is 46.1. The molecule has 5 fully saturated rings. The molecule has 7 aliphatic carbocycles. The SMILES string of the molecule is CCCC1O[C@@H]2C[C@H]3[C@@H]4C[C@H](F)C5=CC(=O)C=C[C@]5(C)[C@@]4(F)[C@@H](O)C[C@]3(C)[C@]2(C(=O)CNC(=O)[C@H](CCCNC(N)=O)CC(=O)[C@@H](NC(=O)[C@@H](CCCCNC(=O)COC2CCCCCc3c2nnn3CCOCCOCCOCCOC(=O)NCC[N+](C)(C)C)CC(=O)CCOCCOCCOCCOCCCC(=O)COC2[C@H]3CCC#CCC[C@@H]23)C(C)C)O1. The van der Waals surface area contributed by atoms with Gasteiger partial charge in [0.25, 0.3) is 0 Å². The highest BCUT2D eigenvalue weighted by atomic mass is 19.1. The number of hydrogen-bond acceptors (Lipinski definition) is 25. The van der Waals surface area contributed by atoms with Gasteiger partial charge in [0.15, 0.2) is 40.7 Å². The van der Waals surface area contributed by atoms with E-state index in [2.05, 4.69) is 48.7 Å². The largest absolute Gasteiger partial charge is 0.447 e. The molecule has 8 N–H and O–H groups in total. The Hall–Kier alpha value is -7.18. The molecule has 33 nitrogen and oxygen atoms in total. The van der Waals surface area contributed by atoms with Crippen molar-refractivity contribution in [3.63, 3.8) is 0 Å². The molecule has 0 spiro atoms. The minimum Gasteiger partial charge on any atom is -0.447 e. The minimum absolute atomic E-state index is 0.00349. The maximum Gasteiger partial charge on any atom is 0.407 e. The lowest BCUT2D eigenvalue weighted by atomic mass is 9.44. The molecule has 3 unspecified atom stereocenters. The lowest BCUT2D eigenvalue weighted by molar-refractivity contribution is -0.869. The normalized spacial score (nSPS) is 27.1. The van der Waals surface area contributed by atoms with E-state index in [4.69, 9.17) is 62.6 Å². The molecule has 9 rings (SSSR count). The van der Waals surface area contributed by atoms with E-state index < -0.39 is 143 Å². The van der Waals surface area contributed by atoms with Crippen molar-refractivity contribution in [2.45, 2.75) is 249 Å². The average molecular weight is 1780 g/mol. The Morgan fingerprint density at radius 3 is 2.02 bits per heavy atom. The van der Waals surface area contributed by atoms with E-state index in [9.17, 15) is 48.3 Å². The Morgan fingerprint density at radius 2 is 1.35 bits per heavy atom. The van der Waals surface area contributed by atoms with Crippen LogP contribution in [0.1, 0.15) is 200 Å². The summed E-state index contributed by atoms with van der Waals surface area (Å²) in [6.45, 7) is 14.1. The second-order valence-electron chi connectivity index (χ2n) is 36.6. The molecule has 1 aromatic rings. The van der Waals surface area contributed by atoms with Crippen LogP contribution in [-0.4, -0.2) is 298 Å². The van der Waals surface area contributed by atoms with Gasteiger partial charge < -0.3 is 98.7 Å². The van der Waals surface area contributed by atoms with Gasteiger partial charge in [-0.2, -0.15) is 0 Å². The van der Waals surface area contributed by atoms with Crippen molar-refractivity contribution in [2.24, 2.45) is 58.0 Å². The number of carbonyl (C=O) groups is 10. The van der Waals surface area contributed by atoms with Gasteiger partial charge >= 0.3 is 12.1 Å². The Balaban J connectivity index is 0.748. The first kappa shape index (κ1) is 103. The molecule has 35 heteroatoms. The summed E-state index contributed by atoms with van der Waals surface area (Å²) in [5.41, 5.74) is -0.392. The molecule has 0 radical (unpaired) electrons. The van der Waals surface area contributed by atoms with Crippen LogP contribution >= 0.6 is 0 Å². The van der Waals surface area contributed by atoms with Gasteiger partial charge in [0.2, 0.25) is 17.7 Å². The van der Waals surface area contributed by atoms with Crippen molar-refractivity contribution < 1.29 is 123 Å². The maximum absolute atomic E-state index is 18.3. The lowest BCUT2D eigenvalue weighted by Gasteiger charge is -2.63. The van der Waals surface area contributed by atoms with Gasteiger partial charge in [-0.25, -0.2) is 23.1 Å². The molecule has 126 heavy (non-hydrogen) atoms. The molecule has 1 saturated heterocycles. The number of nitrogens with one attached hydrogen (secondary N) is 5. The molecule has 8 aliphatic rings. The van der Waals surface area contributed by atoms with E-state index in [1.165, 1.54) is 19.1 Å². The number of halogens is 2. The van der Waals surface area contributed by atoms with E-state index in [0.29, 0.717) is 135 Å². The minimum atomic E-state index is -2.45. The predicted octanol–water partition coefficient (Wildman–Crippen LogP) is 6.87. The molecule has 708 valence electrons. The molecule has 4 saturated carbocycles. The van der Waals surface area contributed by atoms with Crippen molar-refractivity contribution >= 4 is 58.8 Å². The van der Waals surface area contributed by atoms with E-state index in [1.807, 2.05) is 32.7 Å². The van der Waals surface area contributed by atoms with Crippen LogP contribution in [0.5, 0.6) is 0 Å². The number of Topliss-reactive ketones (excluding diaryl/α,β-unsaturated/α-hetero) is 4. The topological polar surface area (TPSA) is 419 Å². The molecule has 0 aromatic carbocycles. The lowest BCUT2D eigenvalue weighted by Crippen LogP contribution is -2.71. The van der Waals surface area contributed by atoms with Gasteiger partial charge in [-0.15, -0.1) is 16.9 Å². The van der Waals surface area contributed by atoms with Gasteiger partial charge in [0.1, 0.15) is 43.6 Å². The summed E-state index contributed by atoms with van der Waals surface area (Å²) in [6, 6.07) is -1.99. The van der Waals surface area contributed by atoms with Crippen molar-refractivity contribution in [1.82, 2.24) is 41.6 Å². The number of carbonyl (C=O) groups excluding carboxylic acids is 10. The number of hydrogen-bond donors (Lipinski definition) is 7. The van der Waals surface area contributed by atoms with Gasteiger partial charge in [0.05, 0.1) is 163 Å². The van der Waals surface area contributed by atoms with E-state index in [0.717, 1.165) is 74.2 Å². The number of fused-ring (bicyclic) bond motifs is 9. The number of rotatable bonds is 60. The first-order chi connectivity index (χ1) is 60.4. The zero-order chi connectivity index (χ0) is 90.9. The Labute approximate surface area is 740 Å². The van der Waals surface area contributed by atoms with Crippen LogP contribution in [0.4, 0.5) is 18.4 Å².